The van der Waals surface area contributed by atoms with Crippen LogP contribution in [0, 0.1) is 0 Å². The number of hydrogen-bond donors (Lipinski definition) is 2. The fourth-order valence-corrected chi connectivity index (χ4v) is 4.93. The number of pyridine rings is 1. The zero-order valence-electron chi connectivity index (χ0n) is 14.9. The Bertz CT molecular complexity index is 1080. The van der Waals surface area contributed by atoms with Crippen LogP contribution >= 0.6 is 0 Å². The predicted molar refractivity (Wildman–Crippen MR) is 109 cm³/mol. The van der Waals surface area contributed by atoms with Gasteiger partial charge < -0.3 is 16.0 Å². The molecule has 0 saturated carbocycles. The molecule has 2 aromatic carbocycles. The lowest BCUT2D eigenvalue weighted by Crippen LogP contribution is -2.26. The SMILES string of the molecule is NCCNc1cc(N2CCS(=O)(=O)c3ccccc3C2)nc2ccccc12. The second kappa shape index (κ2) is 7.17. The second-order valence-corrected chi connectivity index (χ2v) is 8.69. The Balaban J connectivity index is 1.78. The van der Waals surface area contributed by atoms with Crippen LogP contribution in [0.1, 0.15) is 5.56 Å². The van der Waals surface area contributed by atoms with E-state index in [0.29, 0.717) is 31.1 Å². The van der Waals surface area contributed by atoms with Crippen LogP contribution in [0.5, 0.6) is 0 Å². The first-order chi connectivity index (χ1) is 13.1. The van der Waals surface area contributed by atoms with Crippen LogP contribution in [0.25, 0.3) is 10.9 Å². The molecular weight excluding hydrogens is 360 g/mol. The van der Waals surface area contributed by atoms with Crippen molar-refractivity contribution in [2.75, 3.05) is 35.6 Å². The van der Waals surface area contributed by atoms with E-state index in [9.17, 15) is 8.42 Å². The molecule has 7 heteroatoms. The Hall–Kier alpha value is -2.64. The zero-order chi connectivity index (χ0) is 18.9. The number of anilines is 2. The summed E-state index contributed by atoms with van der Waals surface area (Å²) in [6, 6.07) is 17.1. The summed E-state index contributed by atoms with van der Waals surface area (Å²) in [5.41, 5.74) is 8.29. The smallest absolute Gasteiger partial charge is 0.180 e. The third-order valence-electron chi connectivity index (χ3n) is 4.79. The molecule has 0 amide bonds. The van der Waals surface area contributed by atoms with E-state index in [1.807, 2.05) is 47.4 Å². The highest BCUT2D eigenvalue weighted by molar-refractivity contribution is 7.91. The van der Waals surface area contributed by atoms with E-state index in [1.165, 1.54) is 0 Å². The van der Waals surface area contributed by atoms with Crippen molar-refractivity contribution in [2.45, 2.75) is 11.4 Å². The first-order valence-electron chi connectivity index (χ1n) is 8.98. The van der Waals surface area contributed by atoms with Gasteiger partial charge in [-0.15, -0.1) is 0 Å². The summed E-state index contributed by atoms with van der Waals surface area (Å²) in [4.78, 5) is 7.25. The molecule has 0 radical (unpaired) electrons. The number of sulfone groups is 1. The van der Waals surface area contributed by atoms with Crippen molar-refractivity contribution in [1.82, 2.24) is 4.98 Å². The Morgan fingerprint density at radius 1 is 1.11 bits per heavy atom. The molecule has 0 saturated heterocycles. The van der Waals surface area contributed by atoms with Crippen LogP contribution in [0.3, 0.4) is 0 Å². The molecule has 140 valence electrons. The molecule has 27 heavy (non-hydrogen) atoms. The van der Waals surface area contributed by atoms with Gasteiger partial charge in [0.2, 0.25) is 0 Å². The van der Waals surface area contributed by atoms with Gasteiger partial charge in [0, 0.05) is 43.3 Å². The predicted octanol–water partition coefficient (Wildman–Crippen LogP) is 2.40. The van der Waals surface area contributed by atoms with E-state index in [4.69, 9.17) is 10.7 Å². The Morgan fingerprint density at radius 3 is 2.74 bits per heavy atom. The normalized spacial score (nSPS) is 16.0. The lowest BCUT2D eigenvalue weighted by Gasteiger charge is -2.23. The fraction of sp³-hybridized carbons (Fsp3) is 0.250. The molecule has 6 nitrogen and oxygen atoms in total. The average Bonchev–Trinajstić information content (AvgIpc) is 2.82. The summed E-state index contributed by atoms with van der Waals surface area (Å²) in [6.45, 7) is 2.10. The summed E-state index contributed by atoms with van der Waals surface area (Å²) >= 11 is 0. The number of aromatic nitrogens is 1. The summed E-state index contributed by atoms with van der Waals surface area (Å²) < 4.78 is 25.2. The number of nitrogens with zero attached hydrogens (tertiary/aromatic N) is 2. The van der Waals surface area contributed by atoms with Crippen molar-refractivity contribution >= 4 is 32.2 Å². The summed E-state index contributed by atoms with van der Waals surface area (Å²) in [5, 5.41) is 4.38. The fourth-order valence-electron chi connectivity index (χ4n) is 3.43. The third kappa shape index (κ3) is 3.48. The molecule has 0 aliphatic carbocycles. The number of benzene rings is 2. The largest absolute Gasteiger partial charge is 0.383 e. The van der Waals surface area contributed by atoms with E-state index < -0.39 is 9.84 Å². The number of nitrogens with one attached hydrogen (secondary N) is 1. The molecule has 3 N–H and O–H groups in total. The Labute approximate surface area is 158 Å². The van der Waals surface area contributed by atoms with Gasteiger partial charge >= 0.3 is 0 Å². The van der Waals surface area contributed by atoms with Crippen LogP contribution in [-0.2, 0) is 16.4 Å². The number of nitrogens with two attached hydrogens (primary N) is 1. The van der Waals surface area contributed by atoms with Crippen LogP contribution < -0.4 is 16.0 Å². The molecule has 1 aliphatic heterocycles. The summed E-state index contributed by atoms with van der Waals surface area (Å²) in [5.74, 6) is 0.837. The van der Waals surface area contributed by atoms with Crippen molar-refractivity contribution < 1.29 is 8.42 Å². The quantitative estimate of drug-likeness (QED) is 0.720. The summed E-state index contributed by atoms with van der Waals surface area (Å²) in [7, 11) is -3.29. The molecule has 4 rings (SSSR count). The van der Waals surface area contributed by atoms with Crippen LogP contribution in [-0.4, -0.2) is 38.8 Å². The molecule has 1 aliphatic rings. The Kier molecular flexibility index (Phi) is 4.72. The number of para-hydroxylation sites is 1. The van der Waals surface area contributed by atoms with Crippen molar-refractivity contribution in [3.63, 3.8) is 0 Å². The van der Waals surface area contributed by atoms with Gasteiger partial charge in [-0.05, 0) is 17.7 Å². The Morgan fingerprint density at radius 2 is 1.89 bits per heavy atom. The standard InChI is InChI=1S/C20H22N4O2S/c21-9-10-22-18-13-20(23-17-7-3-2-6-16(17)18)24-11-12-27(25,26)19-8-4-1-5-15(19)14-24/h1-8,13H,9-12,14,21H2,(H,22,23). The number of fused-ring (bicyclic) bond motifs is 2. The molecule has 3 aromatic rings. The first-order valence-corrected chi connectivity index (χ1v) is 10.6. The van der Waals surface area contributed by atoms with Gasteiger partial charge in [-0.1, -0.05) is 36.4 Å². The van der Waals surface area contributed by atoms with E-state index in [0.717, 1.165) is 28.0 Å². The molecule has 0 fully saturated rings. The summed E-state index contributed by atoms with van der Waals surface area (Å²) in [6.07, 6.45) is 0. The van der Waals surface area contributed by atoms with Crippen molar-refractivity contribution in [3.8, 4) is 0 Å². The second-order valence-electron chi connectivity index (χ2n) is 6.61. The molecule has 2 heterocycles. The van der Waals surface area contributed by atoms with Gasteiger partial charge in [-0.25, -0.2) is 13.4 Å². The minimum absolute atomic E-state index is 0.0735. The van der Waals surface area contributed by atoms with Gasteiger partial charge in [-0.2, -0.15) is 0 Å². The van der Waals surface area contributed by atoms with Crippen LogP contribution in [0.15, 0.2) is 59.5 Å². The highest BCUT2D eigenvalue weighted by Crippen LogP contribution is 2.30. The van der Waals surface area contributed by atoms with Gasteiger partial charge in [0.05, 0.1) is 16.2 Å². The van der Waals surface area contributed by atoms with Crippen molar-refractivity contribution in [3.05, 3.63) is 60.2 Å². The van der Waals surface area contributed by atoms with Gasteiger partial charge in [-0.3, -0.25) is 0 Å². The molecular formula is C20H22N4O2S. The van der Waals surface area contributed by atoms with Gasteiger partial charge in [0.1, 0.15) is 5.82 Å². The van der Waals surface area contributed by atoms with Gasteiger partial charge in [0.15, 0.2) is 9.84 Å². The molecule has 0 unspecified atom stereocenters. The molecule has 0 atom stereocenters. The number of hydrogen-bond acceptors (Lipinski definition) is 6. The highest BCUT2D eigenvalue weighted by atomic mass is 32.2. The molecule has 0 bridgehead atoms. The minimum atomic E-state index is -3.29. The lowest BCUT2D eigenvalue weighted by molar-refractivity contribution is 0.596. The third-order valence-corrected chi connectivity index (χ3v) is 6.57. The van der Waals surface area contributed by atoms with Crippen LogP contribution in [0.4, 0.5) is 11.5 Å². The maximum absolute atomic E-state index is 12.6. The highest BCUT2D eigenvalue weighted by Gasteiger charge is 2.26. The van der Waals surface area contributed by atoms with Crippen molar-refractivity contribution in [1.29, 1.82) is 0 Å². The topological polar surface area (TPSA) is 88.3 Å². The van der Waals surface area contributed by atoms with Crippen LogP contribution in [0.2, 0.25) is 0 Å². The van der Waals surface area contributed by atoms with Crippen molar-refractivity contribution in [2.24, 2.45) is 5.73 Å². The first kappa shape index (κ1) is 17.8. The molecule has 0 spiro atoms. The lowest BCUT2D eigenvalue weighted by atomic mass is 10.1. The zero-order valence-corrected chi connectivity index (χ0v) is 15.7. The maximum Gasteiger partial charge on any atom is 0.180 e. The van der Waals surface area contributed by atoms with Gasteiger partial charge in [0.25, 0.3) is 0 Å². The van der Waals surface area contributed by atoms with E-state index in [1.54, 1.807) is 12.1 Å². The van der Waals surface area contributed by atoms with E-state index in [2.05, 4.69) is 5.32 Å². The molecule has 1 aromatic heterocycles. The van der Waals surface area contributed by atoms with E-state index in [-0.39, 0.29) is 5.75 Å². The monoisotopic (exact) mass is 382 g/mol. The van der Waals surface area contributed by atoms with E-state index >= 15 is 0 Å². The minimum Gasteiger partial charge on any atom is -0.383 e. The number of rotatable bonds is 4. The average molecular weight is 382 g/mol. The maximum atomic E-state index is 12.6.